The number of aliphatic hydroxyl groups excluding tert-OH is 1. The van der Waals surface area contributed by atoms with E-state index in [0.717, 1.165) is 11.5 Å². The van der Waals surface area contributed by atoms with Crippen molar-refractivity contribution in [2.24, 2.45) is 0 Å². The number of rotatable bonds is 6. The first-order valence-electron chi connectivity index (χ1n) is 4.81. The van der Waals surface area contributed by atoms with Gasteiger partial charge in [-0.15, -0.1) is 0 Å². The summed E-state index contributed by atoms with van der Waals surface area (Å²) in [5.41, 5.74) is 0.921. The minimum atomic E-state index is -0.499. The lowest BCUT2D eigenvalue weighted by Gasteiger charge is -2.12. The third kappa shape index (κ3) is 4.14. The van der Waals surface area contributed by atoms with E-state index in [2.05, 4.69) is 15.6 Å². The van der Waals surface area contributed by atoms with Gasteiger partial charge in [-0.2, -0.15) is 0 Å². The Morgan fingerprint density at radius 3 is 3.07 bits per heavy atom. The molecule has 3 N–H and O–H groups in total. The zero-order valence-corrected chi connectivity index (χ0v) is 9.03. The van der Waals surface area contributed by atoms with Gasteiger partial charge in [-0.3, -0.25) is 0 Å². The Morgan fingerprint density at radius 2 is 2.40 bits per heavy atom. The summed E-state index contributed by atoms with van der Waals surface area (Å²) < 4.78 is 4.82. The minimum absolute atomic E-state index is 0.330. The van der Waals surface area contributed by atoms with Crippen molar-refractivity contribution < 1.29 is 9.84 Å². The molecular formula is C10H17N3O2. The van der Waals surface area contributed by atoms with Gasteiger partial charge >= 0.3 is 0 Å². The van der Waals surface area contributed by atoms with Gasteiger partial charge in [0.25, 0.3) is 0 Å². The average Bonchev–Trinajstić information content (AvgIpc) is 2.27. The highest BCUT2D eigenvalue weighted by Gasteiger charge is 2.02. The highest BCUT2D eigenvalue weighted by atomic mass is 16.5. The molecule has 0 aliphatic rings. The van der Waals surface area contributed by atoms with Crippen molar-refractivity contribution >= 4 is 11.5 Å². The number of aromatic nitrogens is 1. The summed E-state index contributed by atoms with van der Waals surface area (Å²) >= 11 is 0. The monoisotopic (exact) mass is 211 g/mol. The molecule has 0 fully saturated rings. The summed E-state index contributed by atoms with van der Waals surface area (Å²) in [5.74, 6) is 0.793. The van der Waals surface area contributed by atoms with Crippen LogP contribution in [-0.4, -0.2) is 43.5 Å². The van der Waals surface area contributed by atoms with Crippen LogP contribution in [0.1, 0.15) is 0 Å². The smallest absolute Gasteiger partial charge is 0.127 e. The molecule has 15 heavy (non-hydrogen) atoms. The fourth-order valence-electron chi connectivity index (χ4n) is 1.16. The maximum absolute atomic E-state index is 9.42. The molecule has 0 saturated heterocycles. The van der Waals surface area contributed by atoms with Crippen LogP contribution in [0.15, 0.2) is 18.3 Å². The van der Waals surface area contributed by atoms with E-state index >= 15 is 0 Å². The Kier molecular flexibility index (Phi) is 4.86. The van der Waals surface area contributed by atoms with E-state index in [9.17, 15) is 5.11 Å². The molecule has 0 radical (unpaired) electrons. The van der Waals surface area contributed by atoms with Crippen molar-refractivity contribution in [3.8, 4) is 0 Å². The molecule has 84 valence electrons. The molecule has 1 aromatic heterocycles. The van der Waals surface area contributed by atoms with Crippen molar-refractivity contribution in [2.45, 2.75) is 6.10 Å². The lowest BCUT2D eigenvalue weighted by molar-refractivity contribution is 0.0727. The summed E-state index contributed by atoms with van der Waals surface area (Å²) in [6.07, 6.45) is 1.21. The van der Waals surface area contributed by atoms with E-state index < -0.39 is 6.10 Å². The van der Waals surface area contributed by atoms with Gasteiger partial charge in [0.05, 0.1) is 12.7 Å². The second-order valence-corrected chi connectivity index (χ2v) is 3.17. The van der Waals surface area contributed by atoms with E-state index in [1.165, 1.54) is 0 Å². The molecule has 5 heteroatoms. The van der Waals surface area contributed by atoms with Crippen molar-refractivity contribution in [3.05, 3.63) is 18.3 Å². The second-order valence-electron chi connectivity index (χ2n) is 3.17. The average molecular weight is 211 g/mol. The predicted molar refractivity (Wildman–Crippen MR) is 60.2 cm³/mol. The maximum Gasteiger partial charge on any atom is 0.127 e. The molecular weight excluding hydrogens is 194 g/mol. The molecule has 5 nitrogen and oxygen atoms in total. The fraction of sp³-hybridized carbons (Fsp3) is 0.500. The standard InChI is InChI=1S/C10H17N3O2/c1-11-10-5-8(3-4-12-10)13-6-9(14)7-15-2/h3-5,9,14H,6-7H2,1-2H3,(H2,11,12,13). The quantitative estimate of drug-likeness (QED) is 0.641. The zero-order chi connectivity index (χ0) is 11.1. The van der Waals surface area contributed by atoms with Crippen LogP contribution in [-0.2, 0) is 4.74 Å². The number of hydrogen-bond acceptors (Lipinski definition) is 5. The molecule has 0 bridgehead atoms. The van der Waals surface area contributed by atoms with Gasteiger partial charge in [0, 0.05) is 38.7 Å². The molecule has 0 aliphatic heterocycles. The van der Waals surface area contributed by atoms with Crippen LogP contribution in [0.4, 0.5) is 11.5 Å². The van der Waals surface area contributed by atoms with Crippen molar-refractivity contribution in [1.29, 1.82) is 0 Å². The summed E-state index contributed by atoms with van der Waals surface area (Å²) in [6.45, 7) is 0.790. The van der Waals surface area contributed by atoms with Crippen LogP contribution < -0.4 is 10.6 Å². The number of anilines is 2. The van der Waals surface area contributed by atoms with Gasteiger partial charge < -0.3 is 20.5 Å². The number of aliphatic hydroxyl groups is 1. The number of methoxy groups -OCH3 is 1. The highest BCUT2D eigenvalue weighted by Crippen LogP contribution is 2.10. The molecule has 1 aromatic rings. The van der Waals surface area contributed by atoms with Crippen molar-refractivity contribution in [3.63, 3.8) is 0 Å². The first-order chi connectivity index (χ1) is 7.26. The number of hydrogen-bond donors (Lipinski definition) is 3. The predicted octanol–water partition coefficient (Wildman–Crippen LogP) is 0.542. The molecule has 0 saturated carbocycles. The van der Waals surface area contributed by atoms with Gasteiger partial charge in [0.15, 0.2) is 0 Å². The van der Waals surface area contributed by atoms with Gasteiger partial charge in [0.1, 0.15) is 5.82 Å². The first-order valence-corrected chi connectivity index (χ1v) is 4.81. The number of ether oxygens (including phenoxy) is 1. The highest BCUT2D eigenvalue weighted by molar-refractivity contribution is 5.51. The summed E-state index contributed by atoms with van der Waals surface area (Å²) in [5, 5.41) is 15.5. The molecule has 1 rings (SSSR count). The maximum atomic E-state index is 9.42. The van der Waals surface area contributed by atoms with Gasteiger partial charge in [-0.05, 0) is 6.07 Å². The van der Waals surface area contributed by atoms with E-state index in [1.54, 1.807) is 13.3 Å². The van der Waals surface area contributed by atoms with Crippen LogP contribution in [0.2, 0.25) is 0 Å². The van der Waals surface area contributed by atoms with Crippen LogP contribution in [0.3, 0.4) is 0 Å². The fourth-order valence-corrected chi connectivity index (χ4v) is 1.16. The van der Waals surface area contributed by atoms with Crippen LogP contribution >= 0.6 is 0 Å². The molecule has 0 spiro atoms. The van der Waals surface area contributed by atoms with Crippen LogP contribution in [0, 0.1) is 0 Å². The van der Waals surface area contributed by atoms with E-state index in [4.69, 9.17) is 4.74 Å². The molecule has 1 unspecified atom stereocenters. The Balaban J connectivity index is 2.43. The summed E-state index contributed by atoms with van der Waals surface area (Å²) in [4.78, 5) is 4.08. The van der Waals surface area contributed by atoms with E-state index in [1.807, 2.05) is 19.2 Å². The van der Waals surface area contributed by atoms with Crippen molar-refractivity contribution in [2.75, 3.05) is 37.9 Å². The normalized spacial score (nSPS) is 12.2. The number of nitrogens with one attached hydrogen (secondary N) is 2. The summed E-state index contributed by atoms with van der Waals surface area (Å²) in [6, 6.07) is 3.72. The lowest BCUT2D eigenvalue weighted by Crippen LogP contribution is -2.24. The first kappa shape index (κ1) is 11.7. The SMILES string of the molecule is CNc1cc(NCC(O)COC)ccn1. The Morgan fingerprint density at radius 1 is 1.60 bits per heavy atom. The topological polar surface area (TPSA) is 66.4 Å². The van der Waals surface area contributed by atoms with Crippen LogP contribution in [0.25, 0.3) is 0 Å². The molecule has 0 aliphatic carbocycles. The largest absolute Gasteiger partial charge is 0.389 e. The molecule has 0 amide bonds. The van der Waals surface area contributed by atoms with E-state index in [0.29, 0.717) is 13.2 Å². The Labute approximate surface area is 89.5 Å². The third-order valence-corrected chi connectivity index (χ3v) is 1.92. The van der Waals surface area contributed by atoms with Gasteiger partial charge in [-0.25, -0.2) is 4.98 Å². The van der Waals surface area contributed by atoms with Crippen molar-refractivity contribution in [1.82, 2.24) is 4.98 Å². The molecule has 0 aromatic carbocycles. The Bertz CT molecular complexity index is 294. The minimum Gasteiger partial charge on any atom is -0.389 e. The Hall–Kier alpha value is -1.33. The molecule has 1 atom stereocenters. The van der Waals surface area contributed by atoms with E-state index in [-0.39, 0.29) is 0 Å². The number of pyridine rings is 1. The van der Waals surface area contributed by atoms with Gasteiger partial charge in [0.2, 0.25) is 0 Å². The van der Waals surface area contributed by atoms with Crippen LogP contribution in [0.5, 0.6) is 0 Å². The third-order valence-electron chi connectivity index (χ3n) is 1.92. The lowest BCUT2D eigenvalue weighted by atomic mass is 10.3. The zero-order valence-electron chi connectivity index (χ0n) is 9.03. The number of nitrogens with zero attached hydrogens (tertiary/aromatic N) is 1. The summed E-state index contributed by atoms with van der Waals surface area (Å²) in [7, 11) is 3.38. The second kappa shape index (κ2) is 6.21. The molecule has 1 heterocycles. The van der Waals surface area contributed by atoms with Gasteiger partial charge in [-0.1, -0.05) is 0 Å².